The summed E-state index contributed by atoms with van der Waals surface area (Å²) in [6.07, 6.45) is 6.48. The van der Waals surface area contributed by atoms with Gasteiger partial charge in [-0.1, -0.05) is 29.8 Å². The summed E-state index contributed by atoms with van der Waals surface area (Å²) in [6.45, 7) is 7.99. The van der Waals surface area contributed by atoms with Gasteiger partial charge in [-0.25, -0.2) is 13.6 Å². The summed E-state index contributed by atoms with van der Waals surface area (Å²) >= 11 is 6.25. The number of rotatable bonds is 14. The molecule has 1 atom stereocenters. The SMILES string of the molecule is C=CC(CCNC(=N)CF)NCc1ccc(-n2cc3cc(-c4cc(CCCC(C)(C)N)cc(Cl)c4F)[nH]c3nc2=O)cc1. The molecule has 228 valence electrons. The van der Waals surface area contributed by atoms with E-state index in [1.54, 1.807) is 30.5 Å². The van der Waals surface area contributed by atoms with Crippen LogP contribution in [0.5, 0.6) is 0 Å². The molecule has 8 nitrogen and oxygen atoms in total. The van der Waals surface area contributed by atoms with Gasteiger partial charge in [0, 0.05) is 41.8 Å². The Morgan fingerprint density at radius 2 is 2.00 bits per heavy atom. The molecule has 0 amide bonds. The van der Waals surface area contributed by atoms with Gasteiger partial charge in [-0.3, -0.25) is 9.98 Å². The zero-order chi connectivity index (χ0) is 31.1. The van der Waals surface area contributed by atoms with Crippen LogP contribution in [0, 0.1) is 11.2 Å². The monoisotopic (exact) mass is 609 g/mol. The summed E-state index contributed by atoms with van der Waals surface area (Å²) in [5, 5.41) is 14.1. The van der Waals surface area contributed by atoms with E-state index >= 15 is 4.39 Å². The molecule has 0 radical (unpaired) electrons. The van der Waals surface area contributed by atoms with Crippen LogP contribution < -0.4 is 22.1 Å². The summed E-state index contributed by atoms with van der Waals surface area (Å²) in [6, 6.07) is 12.6. The highest BCUT2D eigenvalue weighted by Crippen LogP contribution is 2.31. The molecule has 0 saturated carbocycles. The van der Waals surface area contributed by atoms with Crippen molar-refractivity contribution in [1.82, 2.24) is 25.2 Å². The normalized spacial score (nSPS) is 12.4. The summed E-state index contributed by atoms with van der Waals surface area (Å²) in [4.78, 5) is 20.2. The van der Waals surface area contributed by atoms with Crippen LogP contribution in [-0.2, 0) is 13.0 Å². The van der Waals surface area contributed by atoms with E-state index in [0.29, 0.717) is 53.9 Å². The Morgan fingerprint density at radius 3 is 2.67 bits per heavy atom. The largest absolute Gasteiger partial charge is 0.372 e. The second-order valence-electron chi connectivity index (χ2n) is 11.4. The third-order valence-corrected chi connectivity index (χ3v) is 7.44. The maximum Gasteiger partial charge on any atom is 0.354 e. The molecule has 43 heavy (non-hydrogen) atoms. The average Bonchev–Trinajstić information content (AvgIpc) is 3.38. The number of benzene rings is 2. The molecular weight excluding hydrogens is 572 g/mol. The number of aromatic nitrogens is 3. The highest BCUT2D eigenvalue weighted by atomic mass is 35.5. The number of H-pyrrole nitrogens is 1. The Morgan fingerprint density at radius 1 is 1.26 bits per heavy atom. The van der Waals surface area contributed by atoms with Crippen LogP contribution >= 0.6 is 11.6 Å². The molecule has 11 heteroatoms. The Bertz CT molecular complexity index is 1640. The number of hydrogen-bond acceptors (Lipinski definition) is 5. The number of halogens is 3. The third-order valence-electron chi connectivity index (χ3n) is 7.17. The van der Waals surface area contributed by atoms with Crippen molar-refractivity contribution in [2.24, 2.45) is 5.73 Å². The van der Waals surface area contributed by atoms with Crippen LogP contribution in [0.25, 0.3) is 28.0 Å². The van der Waals surface area contributed by atoms with Crippen LogP contribution in [0.4, 0.5) is 8.78 Å². The molecule has 0 fully saturated rings. The quantitative estimate of drug-likeness (QED) is 0.0702. The molecule has 2 heterocycles. The van der Waals surface area contributed by atoms with Crippen molar-refractivity contribution in [1.29, 1.82) is 5.41 Å². The molecule has 4 aromatic rings. The lowest BCUT2D eigenvalue weighted by Gasteiger charge is -2.18. The van der Waals surface area contributed by atoms with Gasteiger partial charge in [0.05, 0.1) is 16.4 Å². The van der Waals surface area contributed by atoms with Gasteiger partial charge < -0.3 is 21.4 Å². The number of alkyl halides is 1. The lowest BCUT2D eigenvalue weighted by atomic mass is 9.96. The van der Waals surface area contributed by atoms with Gasteiger partial charge >= 0.3 is 5.69 Å². The first-order valence-electron chi connectivity index (χ1n) is 14.2. The van der Waals surface area contributed by atoms with E-state index in [1.165, 1.54) is 4.57 Å². The fourth-order valence-electron chi connectivity index (χ4n) is 4.81. The Balaban J connectivity index is 1.49. The number of hydrogen-bond donors (Lipinski definition) is 5. The highest BCUT2D eigenvalue weighted by Gasteiger charge is 2.16. The topological polar surface area (TPSA) is 125 Å². The molecule has 0 aliphatic rings. The van der Waals surface area contributed by atoms with Crippen molar-refractivity contribution in [2.75, 3.05) is 13.2 Å². The van der Waals surface area contributed by atoms with Crippen LogP contribution in [-0.4, -0.2) is 45.2 Å². The van der Waals surface area contributed by atoms with Crippen LogP contribution in [0.2, 0.25) is 5.02 Å². The van der Waals surface area contributed by atoms with Crippen molar-refractivity contribution in [3.63, 3.8) is 0 Å². The van der Waals surface area contributed by atoms with Crippen LogP contribution in [0.3, 0.4) is 0 Å². The lowest BCUT2D eigenvalue weighted by molar-refractivity contribution is 0.459. The van der Waals surface area contributed by atoms with E-state index in [0.717, 1.165) is 24.0 Å². The minimum Gasteiger partial charge on any atom is -0.372 e. The van der Waals surface area contributed by atoms with Gasteiger partial charge in [0.15, 0.2) is 5.82 Å². The summed E-state index contributed by atoms with van der Waals surface area (Å²) in [5.41, 5.74) is 9.04. The van der Waals surface area contributed by atoms with Crippen molar-refractivity contribution >= 4 is 28.5 Å². The average molecular weight is 610 g/mol. The molecular formula is C32H38ClF2N7O. The van der Waals surface area contributed by atoms with Crippen molar-refractivity contribution in [3.8, 4) is 16.9 Å². The van der Waals surface area contributed by atoms with Gasteiger partial charge in [0.25, 0.3) is 0 Å². The number of nitrogens with one attached hydrogen (secondary N) is 4. The first-order valence-corrected chi connectivity index (χ1v) is 14.6. The predicted octanol–water partition coefficient (Wildman–Crippen LogP) is 5.80. The predicted molar refractivity (Wildman–Crippen MR) is 170 cm³/mol. The highest BCUT2D eigenvalue weighted by molar-refractivity contribution is 6.31. The number of amidine groups is 1. The number of fused-ring (bicyclic) bond motifs is 1. The molecule has 0 aliphatic carbocycles. The molecule has 0 spiro atoms. The summed E-state index contributed by atoms with van der Waals surface area (Å²) < 4.78 is 29.0. The number of nitrogens with zero attached hydrogens (tertiary/aromatic N) is 2. The molecule has 6 N–H and O–H groups in total. The Hall–Kier alpha value is -3.86. The van der Waals surface area contributed by atoms with E-state index in [2.05, 4.69) is 27.2 Å². The maximum atomic E-state index is 15.1. The third kappa shape index (κ3) is 8.59. The molecule has 2 aromatic carbocycles. The van der Waals surface area contributed by atoms with E-state index in [1.807, 2.05) is 38.1 Å². The fourth-order valence-corrected chi connectivity index (χ4v) is 5.05. The summed E-state index contributed by atoms with van der Waals surface area (Å²) in [7, 11) is 0. The van der Waals surface area contributed by atoms with Crippen molar-refractivity contribution in [2.45, 2.75) is 57.7 Å². The minimum absolute atomic E-state index is 0.0184. The first kappa shape index (κ1) is 32.1. The lowest BCUT2D eigenvalue weighted by Crippen LogP contribution is -2.33. The van der Waals surface area contributed by atoms with E-state index in [9.17, 15) is 9.18 Å². The van der Waals surface area contributed by atoms with Crippen LogP contribution in [0.15, 0.2) is 66.1 Å². The van der Waals surface area contributed by atoms with Gasteiger partial charge in [0.1, 0.15) is 18.2 Å². The van der Waals surface area contributed by atoms with Crippen molar-refractivity contribution in [3.05, 3.63) is 93.8 Å². The zero-order valence-electron chi connectivity index (χ0n) is 24.4. The number of aromatic amines is 1. The Kier molecular flexibility index (Phi) is 10.5. The number of nitrogens with two attached hydrogens (primary N) is 1. The van der Waals surface area contributed by atoms with E-state index in [-0.39, 0.29) is 22.4 Å². The fraction of sp³-hybridized carbons (Fsp3) is 0.344. The first-order chi connectivity index (χ1) is 20.5. The van der Waals surface area contributed by atoms with Gasteiger partial charge in [-0.05, 0) is 81.0 Å². The standard InChI is InChI=1S/C32H38ClF2N7O/c1-4-23(11-13-38-28(36)17-34)39-18-20-7-9-24(10-8-20)42-19-22-16-27(40-30(22)41-31(42)43)25-14-21(15-26(33)29(25)35)6-5-12-32(2,3)37/h4,7-10,14-16,19,23,39H,1,5-6,11-13,17-18,37H2,2-3H3,(H2,36,38)(H,40,41,43). The van der Waals surface area contributed by atoms with E-state index < -0.39 is 18.2 Å². The number of aryl methyl sites for hydroxylation is 1. The van der Waals surface area contributed by atoms with Crippen LogP contribution in [0.1, 0.15) is 44.2 Å². The van der Waals surface area contributed by atoms with Crippen molar-refractivity contribution < 1.29 is 8.78 Å². The van der Waals surface area contributed by atoms with Gasteiger partial charge in [-0.15, -0.1) is 6.58 Å². The Labute approximate surface area is 254 Å². The smallest absolute Gasteiger partial charge is 0.354 e. The second kappa shape index (κ2) is 14.1. The van der Waals surface area contributed by atoms with Gasteiger partial charge in [0.2, 0.25) is 0 Å². The molecule has 4 rings (SSSR count). The molecule has 0 aliphatic heterocycles. The molecule has 0 bridgehead atoms. The molecule has 0 saturated heterocycles. The second-order valence-corrected chi connectivity index (χ2v) is 11.8. The van der Waals surface area contributed by atoms with Gasteiger partial charge in [-0.2, -0.15) is 4.98 Å². The molecule has 1 unspecified atom stereocenters. The minimum atomic E-state index is -0.814. The van der Waals surface area contributed by atoms with E-state index in [4.69, 9.17) is 22.7 Å². The molecule has 2 aromatic heterocycles. The maximum absolute atomic E-state index is 15.1. The summed E-state index contributed by atoms with van der Waals surface area (Å²) in [5.74, 6) is -0.675. The zero-order valence-corrected chi connectivity index (χ0v) is 25.2.